The number of rotatable bonds is 45. The average Bonchev–Trinajstić information content (AvgIpc) is 1.61. The average molecular weight is 2180 g/mol. The van der Waals surface area contributed by atoms with Crippen LogP contribution >= 0.6 is 106 Å². The number of H-pyrrole nitrogens is 2. The molecule has 780 valence electrons. The highest BCUT2D eigenvalue weighted by Crippen LogP contribution is 2.41. The third kappa shape index (κ3) is 39.2. The summed E-state index contributed by atoms with van der Waals surface area (Å²) in [5.74, 6) is -1.10. The zero-order chi connectivity index (χ0) is 106. The Hall–Kier alpha value is -8.22. The summed E-state index contributed by atoms with van der Waals surface area (Å²) in [7, 11) is -9.82. The van der Waals surface area contributed by atoms with Crippen molar-refractivity contribution in [3.63, 3.8) is 0 Å². The minimum Gasteiger partial charge on any atom is -0.427 e. The first-order valence-corrected chi connectivity index (χ1v) is 53.7. The number of nitrogens with one attached hydrogen (secondary N) is 2. The smallest absolute Gasteiger partial charge is 0.427 e. The molecule has 0 aliphatic carbocycles. The molecule has 0 saturated carbocycles. The highest BCUT2D eigenvalue weighted by molar-refractivity contribution is 7.98. The molecule has 52 heteroatoms. The fourth-order valence-corrected chi connectivity index (χ4v) is 19.1. The number of hydrogen-bond acceptors (Lipinski definition) is 26. The van der Waals surface area contributed by atoms with Crippen LogP contribution in [-0.4, -0.2) is 226 Å². The first-order chi connectivity index (χ1) is 70.1. The lowest BCUT2D eigenvalue weighted by atomic mass is 9.83. The van der Waals surface area contributed by atoms with E-state index >= 15 is 0 Å². The second-order valence-electron chi connectivity index (χ2n) is 34.5. The van der Waals surface area contributed by atoms with Crippen molar-refractivity contribution < 1.29 is 93.6 Å². The van der Waals surface area contributed by atoms with Gasteiger partial charge in [-0.25, -0.2) is 29.9 Å². The van der Waals surface area contributed by atoms with Crippen molar-refractivity contribution in [1.29, 1.82) is 0 Å². The van der Waals surface area contributed by atoms with Gasteiger partial charge in [0.05, 0.1) is 104 Å². The Labute approximate surface area is 891 Å². The molecule has 32 nitrogen and oxygen atoms in total. The largest absolute Gasteiger partial charge is 0.451 e. The minimum atomic E-state index is -4.67. The highest BCUT2D eigenvalue weighted by atomic mass is 35.5. The molecule has 0 spiro atoms. The molecule has 0 aliphatic heterocycles. The van der Waals surface area contributed by atoms with Crippen molar-refractivity contribution >= 4 is 251 Å². The van der Waals surface area contributed by atoms with Crippen LogP contribution in [0.4, 0.5) is 13.2 Å². The van der Waals surface area contributed by atoms with Gasteiger partial charge in [-0.15, -0.1) is 0 Å². The predicted octanol–water partition coefficient (Wildman–Crippen LogP) is 18.5. The number of aryl methyl sites for hydroxylation is 8. The summed E-state index contributed by atoms with van der Waals surface area (Å²) in [4.78, 5) is 31.9. The molecule has 0 unspecified atom stereocenters. The van der Waals surface area contributed by atoms with E-state index in [1.54, 1.807) is 23.5 Å². The van der Waals surface area contributed by atoms with Crippen LogP contribution in [-0.2, 0) is 58.5 Å². The van der Waals surface area contributed by atoms with E-state index in [0.717, 1.165) is 251 Å². The maximum absolute atomic E-state index is 13.2. The van der Waals surface area contributed by atoms with Gasteiger partial charge in [0, 0.05) is 52.4 Å². The number of hydrogen-bond donors (Lipinski definition) is 18. The molecule has 0 amide bonds. The van der Waals surface area contributed by atoms with Gasteiger partial charge in [0.2, 0.25) is 16.4 Å². The standard InChI is InChI=1S/C13H19BN2O2S.C12H11BCl3F3N2O2.C12H16BClN2O2.2C12H17BN2O2S.C11H14BClN2O2.C11H15BN2O2S.C11H15BN2O2/c1-19-13-15-11-7-3-4-8-12(11)16(13)10-6-2-5-9-14(17)18;14-6-5-7-10(9(16)8(6)15)20-11(12(17,18)19)21(7)4-2-1-3-13(22)23;14-12-15-10-6-2-3-7-11(10)16(12)9-5-1-4-8-13(17)18;1-18-12-14-10-6-2-3-7-11(10)15(12)9-5-4-8-13(16)17;16-13(17)8-4-1-5-9-15-11-7-3-2-6-10(11)14-12(15)18;13-11-14-9-5-1-2-6-10(9)15(11)8-4-3-7-12(16)17;15-12(16)7-3-4-8-14-10-6-2-1-5-9(10)13-11(14)17;15-12(16)7-3-4-8-14-9-13-10-5-1-2-6-11(10)14/h3-4,7-8,17-18H,2,5-6,9-10H2,1H3;5,22-23H,1-4H2;2-3,6-7,17-18H,1,4-5,8-9H2;2-3,6-7,16-17H,4-5,8-9H2,1H3;2-3,6-7,16-17H,1,4-5,8-9H2,(H,14,18);1-2,5-6,16-17H,3-4,7-8H2;1-2,5-6,15-16H,3-4,7-8H2,(H,13,17);1-2,5-6,9,15-16H,3-4,7-8H2. The van der Waals surface area contributed by atoms with Crippen LogP contribution in [0, 0.1) is 9.54 Å². The fraction of sp³-hybridized carbons (Fsp3) is 0.404. The number of unbranched alkanes of at least 4 members (excludes halogenated alkanes) is 11. The van der Waals surface area contributed by atoms with Gasteiger partial charge in [-0.2, -0.15) is 13.2 Å². The molecule has 8 heterocycles. The van der Waals surface area contributed by atoms with Gasteiger partial charge in [-0.3, -0.25) is 0 Å². The molecule has 0 aliphatic rings. The summed E-state index contributed by atoms with van der Waals surface area (Å²) in [6.45, 7) is 5.86. The predicted molar refractivity (Wildman–Crippen MR) is 594 cm³/mol. The van der Waals surface area contributed by atoms with Crippen molar-refractivity contribution in [2.24, 2.45) is 0 Å². The van der Waals surface area contributed by atoms with Gasteiger partial charge in [-0.1, -0.05) is 214 Å². The Bertz CT molecular complexity index is 6730. The summed E-state index contributed by atoms with van der Waals surface area (Å²) in [5.41, 5.74) is 14.8. The third-order valence-electron chi connectivity index (χ3n) is 23.4. The van der Waals surface area contributed by atoms with Crippen molar-refractivity contribution in [2.45, 2.75) is 241 Å². The molecule has 8 aromatic heterocycles. The van der Waals surface area contributed by atoms with Gasteiger partial charge < -0.3 is 127 Å². The number of fused-ring (bicyclic) bond motifs is 8. The molecule has 18 N–H and O–H groups in total. The van der Waals surface area contributed by atoms with Crippen molar-refractivity contribution in [3.8, 4) is 0 Å². The Morgan fingerprint density at radius 2 is 0.575 bits per heavy atom. The summed E-state index contributed by atoms with van der Waals surface area (Å²) in [6, 6.07) is 57.3. The number of imidazole rings is 8. The molecule has 0 bridgehead atoms. The number of benzene rings is 8. The number of aromatic amines is 2. The Kier molecular flexibility index (Phi) is 53.0. The Morgan fingerprint density at radius 1 is 0.301 bits per heavy atom. The van der Waals surface area contributed by atoms with E-state index < -0.39 is 68.9 Å². The van der Waals surface area contributed by atoms with E-state index in [2.05, 4.69) is 80.9 Å². The molecule has 0 atom stereocenters. The zero-order valence-corrected chi connectivity index (χ0v) is 88.3. The van der Waals surface area contributed by atoms with Gasteiger partial charge >= 0.3 is 63.1 Å². The lowest BCUT2D eigenvalue weighted by Crippen LogP contribution is -2.16. The molecular weight excluding hydrogens is 2060 g/mol. The van der Waals surface area contributed by atoms with Crippen LogP contribution in [0.1, 0.15) is 128 Å². The van der Waals surface area contributed by atoms with E-state index in [4.69, 9.17) is 163 Å². The number of alkyl halides is 3. The quantitative estimate of drug-likeness (QED) is 0.00554. The van der Waals surface area contributed by atoms with E-state index in [1.165, 1.54) is 11.6 Å². The van der Waals surface area contributed by atoms with Gasteiger partial charge in [-0.05, 0) is 253 Å². The van der Waals surface area contributed by atoms with Crippen LogP contribution in [0.25, 0.3) is 88.3 Å². The van der Waals surface area contributed by atoms with Crippen molar-refractivity contribution in [2.75, 3.05) is 12.5 Å². The van der Waals surface area contributed by atoms with E-state index in [1.807, 2.05) is 180 Å². The monoisotopic (exact) mass is 2180 g/mol. The number of halogens is 8. The van der Waals surface area contributed by atoms with Crippen LogP contribution in [0.2, 0.25) is 76.2 Å². The molecule has 146 heavy (non-hydrogen) atoms. The number of para-hydroxylation sites is 14. The second-order valence-corrected chi connectivity index (χ2v) is 38.6. The molecule has 16 aromatic rings. The molecule has 16 rings (SSSR count). The molecule has 0 saturated heterocycles. The van der Waals surface area contributed by atoms with Crippen LogP contribution < -0.4 is 0 Å². The zero-order valence-electron chi connectivity index (χ0n) is 81.3. The lowest BCUT2D eigenvalue weighted by Gasteiger charge is -2.11. The van der Waals surface area contributed by atoms with Crippen LogP contribution in [0.3, 0.4) is 0 Å². The molecule has 0 radical (unpaired) electrons. The van der Waals surface area contributed by atoms with Crippen LogP contribution in [0.15, 0.2) is 193 Å². The van der Waals surface area contributed by atoms with E-state index in [0.29, 0.717) is 67.7 Å². The number of aromatic nitrogens is 16. The topological polar surface area (TPSA) is 472 Å². The van der Waals surface area contributed by atoms with E-state index in [9.17, 15) is 13.2 Å². The summed E-state index contributed by atoms with van der Waals surface area (Å²) < 4.78 is 56.6. The number of thioether (sulfide) groups is 2. The first-order valence-electron chi connectivity index (χ1n) is 48.5. The van der Waals surface area contributed by atoms with Crippen molar-refractivity contribution in [3.05, 3.63) is 223 Å². The van der Waals surface area contributed by atoms with Crippen molar-refractivity contribution in [1.82, 2.24) is 76.4 Å². The SMILES string of the molecule is CSc1nc2ccccc2n1CCCCB(O)O.CSc1nc2ccccc2n1CCCCCB(O)O.OB(O)CCCCCn1c(=S)[nH]c2ccccc21.OB(O)CCCCCn1c(Cl)nc2ccccc21.OB(O)CCCCn1c(=S)[nH]c2ccccc21.OB(O)CCCCn1c(C(F)(F)F)nc2c(Cl)c(Cl)c(Cl)cc21.OB(O)CCCCn1c(Cl)nc2ccccc21.OB(O)CCCCn1cnc2ccccc21. The lowest BCUT2D eigenvalue weighted by molar-refractivity contribution is -0.147. The highest BCUT2D eigenvalue weighted by Gasteiger charge is 2.38. The molecule has 8 aromatic carbocycles. The summed E-state index contributed by atoms with van der Waals surface area (Å²) in [6.07, 6.45) is 20.0. The summed E-state index contributed by atoms with van der Waals surface area (Å²) in [5, 5.41) is 143. The van der Waals surface area contributed by atoms with Gasteiger partial charge in [0.25, 0.3) is 0 Å². The maximum Gasteiger partial charge on any atom is 0.451 e. The molecular formula is C94H124B8Cl5F3N16O16S4. The third-order valence-corrected chi connectivity index (χ3v) is 27.2. The Morgan fingerprint density at radius 3 is 0.918 bits per heavy atom. The number of nitrogens with zero attached hydrogens (tertiary/aromatic N) is 14. The van der Waals surface area contributed by atoms with Gasteiger partial charge in [0.1, 0.15) is 5.52 Å². The minimum absolute atomic E-state index is 0.0215. The van der Waals surface area contributed by atoms with Crippen LogP contribution in [0.5, 0.6) is 0 Å². The summed E-state index contributed by atoms with van der Waals surface area (Å²) >= 11 is 43.7. The maximum atomic E-state index is 13.2. The fourth-order valence-electron chi connectivity index (χ4n) is 16.1. The molecule has 0 fully saturated rings. The van der Waals surface area contributed by atoms with Gasteiger partial charge in [0.15, 0.2) is 19.9 Å². The first kappa shape index (κ1) is 121. The van der Waals surface area contributed by atoms with E-state index in [-0.39, 0.29) is 39.0 Å². The Balaban J connectivity index is 0.000000186. The second kappa shape index (κ2) is 63.8. The normalized spacial score (nSPS) is 11.2.